The molecule has 4 nitrogen and oxygen atoms in total. The summed E-state index contributed by atoms with van der Waals surface area (Å²) in [5, 5.41) is 20.7. The van der Waals surface area contributed by atoms with Gasteiger partial charge in [0.05, 0.1) is 18.2 Å². The van der Waals surface area contributed by atoms with Gasteiger partial charge in [0.15, 0.2) is 0 Å². The first kappa shape index (κ1) is 14.7. The molecule has 2 aromatic carbocycles. The highest BCUT2D eigenvalue weighted by atomic mass is 16.5. The highest BCUT2D eigenvalue weighted by Crippen LogP contribution is 2.32. The van der Waals surface area contributed by atoms with Gasteiger partial charge in [0.25, 0.3) is 0 Å². The number of rotatable bonds is 3. The van der Waals surface area contributed by atoms with E-state index < -0.39 is 0 Å². The molecule has 1 heterocycles. The standard InChI is InChI=1S/C19H16N2O2/c1-13(10-14-6-4-3-5-7-14)19-17(12-20)16-11-15(23-2)8-9-18(16)21(19)22/h3-11,22H,1-2H3/b13-10+. The Labute approximate surface area is 134 Å². The van der Waals surface area contributed by atoms with Crippen LogP contribution in [0.1, 0.15) is 23.7 Å². The van der Waals surface area contributed by atoms with Gasteiger partial charge in [-0.25, -0.2) is 0 Å². The number of hydrogen-bond donors (Lipinski definition) is 1. The lowest BCUT2D eigenvalue weighted by atomic mass is 10.0. The van der Waals surface area contributed by atoms with E-state index in [1.54, 1.807) is 25.3 Å². The number of fused-ring (bicyclic) bond motifs is 1. The topological polar surface area (TPSA) is 58.2 Å². The molecule has 0 unspecified atom stereocenters. The van der Waals surface area contributed by atoms with E-state index in [1.165, 1.54) is 0 Å². The van der Waals surface area contributed by atoms with Crippen LogP contribution in [0.5, 0.6) is 5.75 Å². The quantitative estimate of drug-likeness (QED) is 0.733. The predicted molar refractivity (Wildman–Crippen MR) is 90.4 cm³/mol. The summed E-state index contributed by atoms with van der Waals surface area (Å²) >= 11 is 0. The Balaban J connectivity index is 2.23. The number of aromatic nitrogens is 1. The smallest absolute Gasteiger partial charge is 0.119 e. The van der Waals surface area contributed by atoms with E-state index in [0.717, 1.165) is 15.9 Å². The lowest BCUT2D eigenvalue weighted by Gasteiger charge is -2.04. The van der Waals surface area contributed by atoms with Crippen LogP contribution in [0.15, 0.2) is 48.5 Å². The van der Waals surface area contributed by atoms with E-state index in [9.17, 15) is 10.5 Å². The average molecular weight is 304 g/mol. The summed E-state index contributed by atoms with van der Waals surface area (Å²) in [6, 6.07) is 17.3. The molecular weight excluding hydrogens is 288 g/mol. The molecule has 0 aliphatic heterocycles. The van der Waals surface area contributed by atoms with Crippen molar-refractivity contribution < 1.29 is 9.94 Å². The summed E-state index contributed by atoms with van der Waals surface area (Å²) in [5.41, 5.74) is 3.34. The molecule has 0 atom stereocenters. The van der Waals surface area contributed by atoms with Crippen LogP contribution >= 0.6 is 0 Å². The Kier molecular flexibility index (Phi) is 3.78. The first-order chi connectivity index (χ1) is 11.2. The zero-order valence-corrected chi connectivity index (χ0v) is 12.9. The highest BCUT2D eigenvalue weighted by Gasteiger charge is 2.18. The molecule has 3 rings (SSSR count). The Morgan fingerprint density at radius 3 is 2.61 bits per heavy atom. The third kappa shape index (κ3) is 2.53. The van der Waals surface area contributed by atoms with Crippen molar-refractivity contribution in [2.75, 3.05) is 7.11 Å². The molecule has 23 heavy (non-hydrogen) atoms. The summed E-state index contributed by atoms with van der Waals surface area (Å²) < 4.78 is 6.28. The van der Waals surface area contributed by atoms with Crippen molar-refractivity contribution in [1.29, 1.82) is 5.26 Å². The lowest BCUT2D eigenvalue weighted by molar-refractivity contribution is 0.197. The molecule has 0 spiro atoms. The minimum Gasteiger partial charge on any atom is -0.497 e. The van der Waals surface area contributed by atoms with Crippen LogP contribution in [0.25, 0.3) is 22.6 Å². The summed E-state index contributed by atoms with van der Waals surface area (Å²) in [4.78, 5) is 0. The number of nitriles is 1. The van der Waals surface area contributed by atoms with E-state index in [4.69, 9.17) is 4.74 Å². The van der Waals surface area contributed by atoms with Gasteiger partial charge in [-0.15, -0.1) is 0 Å². The van der Waals surface area contributed by atoms with Gasteiger partial charge in [0.2, 0.25) is 0 Å². The van der Waals surface area contributed by atoms with E-state index in [2.05, 4.69) is 6.07 Å². The number of ether oxygens (including phenoxy) is 1. The fourth-order valence-corrected chi connectivity index (χ4v) is 2.73. The molecule has 0 amide bonds. The average Bonchev–Trinajstić information content (AvgIpc) is 2.87. The van der Waals surface area contributed by atoms with Crippen LogP contribution < -0.4 is 4.74 Å². The first-order valence-corrected chi connectivity index (χ1v) is 7.21. The molecular formula is C19H16N2O2. The fraction of sp³-hybridized carbons (Fsp3) is 0.105. The predicted octanol–water partition coefficient (Wildman–Crippen LogP) is 4.32. The molecule has 0 saturated heterocycles. The molecule has 114 valence electrons. The van der Waals surface area contributed by atoms with Crippen LogP contribution in [0.2, 0.25) is 0 Å². The molecule has 0 saturated carbocycles. The van der Waals surface area contributed by atoms with E-state index in [1.807, 2.05) is 43.3 Å². The molecule has 0 fully saturated rings. The number of benzene rings is 2. The highest BCUT2D eigenvalue weighted by molar-refractivity contribution is 5.95. The van der Waals surface area contributed by atoms with E-state index >= 15 is 0 Å². The summed E-state index contributed by atoms with van der Waals surface area (Å²) in [7, 11) is 1.57. The number of allylic oxidation sites excluding steroid dienone is 1. The summed E-state index contributed by atoms with van der Waals surface area (Å²) in [5.74, 6) is 0.649. The van der Waals surface area contributed by atoms with Gasteiger partial charge in [0, 0.05) is 5.39 Å². The molecule has 0 aliphatic rings. The van der Waals surface area contributed by atoms with Crippen LogP contribution in [0, 0.1) is 11.3 Å². The van der Waals surface area contributed by atoms with Crippen LogP contribution in [-0.2, 0) is 0 Å². The third-order valence-corrected chi connectivity index (χ3v) is 3.82. The zero-order valence-electron chi connectivity index (χ0n) is 12.9. The van der Waals surface area contributed by atoms with Crippen molar-refractivity contribution >= 4 is 22.6 Å². The van der Waals surface area contributed by atoms with Crippen molar-refractivity contribution in [2.45, 2.75) is 6.92 Å². The number of hydrogen-bond acceptors (Lipinski definition) is 3. The fourth-order valence-electron chi connectivity index (χ4n) is 2.73. The van der Waals surface area contributed by atoms with Crippen molar-refractivity contribution in [3.63, 3.8) is 0 Å². The van der Waals surface area contributed by atoms with Crippen molar-refractivity contribution in [3.8, 4) is 11.8 Å². The Morgan fingerprint density at radius 2 is 1.96 bits per heavy atom. The molecule has 0 radical (unpaired) electrons. The monoisotopic (exact) mass is 304 g/mol. The second kappa shape index (κ2) is 5.90. The van der Waals surface area contributed by atoms with Gasteiger partial charge in [-0.1, -0.05) is 30.3 Å². The molecule has 1 aromatic heterocycles. The Bertz CT molecular complexity index is 931. The van der Waals surface area contributed by atoms with Crippen molar-refractivity contribution in [1.82, 2.24) is 4.73 Å². The molecule has 4 heteroatoms. The van der Waals surface area contributed by atoms with E-state index in [-0.39, 0.29) is 0 Å². The number of methoxy groups -OCH3 is 1. The van der Waals surface area contributed by atoms with Gasteiger partial charge in [-0.05, 0) is 42.3 Å². The third-order valence-electron chi connectivity index (χ3n) is 3.82. The minimum atomic E-state index is 0.436. The van der Waals surface area contributed by atoms with Crippen molar-refractivity contribution in [2.24, 2.45) is 0 Å². The van der Waals surface area contributed by atoms with Gasteiger partial charge >= 0.3 is 0 Å². The molecule has 1 N–H and O–H groups in total. The molecule has 0 aliphatic carbocycles. The number of nitrogens with zero attached hydrogens (tertiary/aromatic N) is 2. The van der Waals surface area contributed by atoms with Gasteiger partial charge < -0.3 is 9.94 Å². The van der Waals surface area contributed by atoms with Gasteiger partial charge in [0.1, 0.15) is 17.5 Å². The first-order valence-electron chi connectivity index (χ1n) is 7.21. The summed E-state index contributed by atoms with van der Waals surface area (Å²) in [6.07, 6.45) is 1.94. The van der Waals surface area contributed by atoms with E-state index in [0.29, 0.717) is 27.9 Å². The van der Waals surface area contributed by atoms with Crippen molar-refractivity contribution in [3.05, 3.63) is 65.4 Å². The minimum absolute atomic E-state index is 0.436. The Hall–Kier alpha value is -3.19. The SMILES string of the molecule is COc1ccc2c(c1)c(C#N)c(/C(C)=C/c1ccccc1)n2O. The maximum atomic E-state index is 10.5. The second-order valence-electron chi connectivity index (χ2n) is 5.27. The molecule has 3 aromatic rings. The largest absolute Gasteiger partial charge is 0.497 e. The maximum absolute atomic E-state index is 10.5. The zero-order chi connectivity index (χ0) is 16.4. The van der Waals surface area contributed by atoms with Crippen LogP contribution in [0.4, 0.5) is 0 Å². The normalized spacial score (nSPS) is 11.4. The maximum Gasteiger partial charge on any atom is 0.119 e. The molecule has 0 bridgehead atoms. The second-order valence-corrected chi connectivity index (χ2v) is 5.27. The lowest BCUT2D eigenvalue weighted by Crippen LogP contribution is -1.97. The Morgan fingerprint density at radius 1 is 1.22 bits per heavy atom. The van der Waals surface area contributed by atoms with Gasteiger partial charge in [-0.2, -0.15) is 9.99 Å². The van der Waals surface area contributed by atoms with Crippen LogP contribution in [0.3, 0.4) is 0 Å². The van der Waals surface area contributed by atoms with Gasteiger partial charge in [-0.3, -0.25) is 0 Å². The summed E-state index contributed by atoms with van der Waals surface area (Å²) in [6.45, 7) is 1.88. The van der Waals surface area contributed by atoms with Crippen LogP contribution in [-0.4, -0.2) is 17.0 Å².